The molecule has 1 aliphatic rings. The van der Waals surface area contributed by atoms with Crippen molar-refractivity contribution in [3.8, 4) is 10.6 Å². The van der Waals surface area contributed by atoms with Crippen LogP contribution >= 0.6 is 22.7 Å². The van der Waals surface area contributed by atoms with E-state index in [1.807, 2.05) is 30.3 Å². The summed E-state index contributed by atoms with van der Waals surface area (Å²) in [5, 5.41) is 3.98. The van der Waals surface area contributed by atoms with Crippen LogP contribution in [0.4, 0.5) is 5.00 Å². The van der Waals surface area contributed by atoms with Gasteiger partial charge in [0.15, 0.2) is 0 Å². The number of thiophene rings is 1. The summed E-state index contributed by atoms with van der Waals surface area (Å²) in [5.41, 5.74) is 2.37. The molecule has 1 atom stereocenters. The molecule has 160 valence electrons. The van der Waals surface area contributed by atoms with Gasteiger partial charge >= 0.3 is 11.9 Å². The zero-order valence-corrected chi connectivity index (χ0v) is 18.8. The lowest BCUT2D eigenvalue weighted by Gasteiger charge is -2.11. The molecular weight excluding hydrogens is 436 g/mol. The number of methoxy groups -OCH3 is 2. The molecule has 3 aromatic rings. The average Bonchev–Trinajstić information content (AvgIpc) is 3.46. The molecule has 0 saturated carbocycles. The van der Waals surface area contributed by atoms with Crippen LogP contribution in [0, 0.1) is 6.92 Å². The van der Waals surface area contributed by atoms with Gasteiger partial charge in [0.05, 0.1) is 31.4 Å². The highest BCUT2D eigenvalue weighted by Crippen LogP contribution is 2.46. The molecule has 7 nitrogen and oxygen atoms in total. The molecule has 2 aromatic heterocycles. The maximum atomic E-state index is 13.1. The van der Waals surface area contributed by atoms with Crippen LogP contribution in [0.1, 0.15) is 48.5 Å². The number of benzene rings is 1. The third-order valence-electron chi connectivity index (χ3n) is 5.16. The first-order valence-corrected chi connectivity index (χ1v) is 11.2. The first-order chi connectivity index (χ1) is 14.9. The predicted octanol–water partition coefficient (Wildman–Crippen LogP) is 4.42. The van der Waals surface area contributed by atoms with Crippen molar-refractivity contribution in [3.63, 3.8) is 0 Å². The topological polar surface area (TPSA) is 94.6 Å². The second-order valence-corrected chi connectivity index (χ2v) is 9.11. The summed E-state index contributed by atoms with van der Waals surface area (Å²) in [6.45, 7) is 1.78. The summed E-state index contributed by atoms with van der Waals surface area (Å²) >= 11 is 2.59. The summed E-state index contributed by atoms with van der Waals surface area (Å²) in [7, 11) is 2.60. The highest BCUT2D eigenvalue weighted by Gasteiger charge is 2.38. The van der Waals surface area contributed by atoms with Crippen molar-refractivity contribution in [2.24, 2.45) is 0 Å². The number of ether oxygens (including phenoxy) is 2. The Hall–Kier alpha value is -3.04. The molecule has 1 amide bonds. The monoisotopic (exact) mass is 456 g/mol. The van der Waals surface area contributed by atoms with Gasteiger partial charge in [-0.2, -0.15) is 0 Å². The summed E-state index contributed by atoms with van der Waals surface area (Å²) < 4.78 is 9.85. The van der Waals surface area contributed by atoms with Gasteiger partial charge in [0, 0.05) is 10.4 Å². The van der Waals surface area contributed by atoms with Gasteiger partial charge in [-0.05, 0) is 25.3 Å². The number of rotatable bonds is 5. The number of hydrogen-bond donors (Lipinski definition) is 1. The lowest BCUT2D eigenvalue weighted by Crippen LogP contribution is -2.17. The molecule has 1 aromatic carbocycles. The van der Waals surface area contributed by atoms with Gasteiger partial charge in [0.1, 0.15) is 14.9 Å². The quantitative estimate of drug-likeness (QED) is 0.571. The number of anilines is 1. The average molecular weight is 457 g/mol. The Morgan fingerprint density at radius 3 is 2.52 bits per heavy atom. The normalized spacial score (nSPS) is 14.7. The van der Waals surface area contributed by atoms with E-state index in [9.17, 15) is 14.4 Å². The molecule has 0 bridgehead atoms. The molecule has 9 heteroatoms. The van der Waals surface area contributed by atoms with Gasteiger partial charge in [0.2, 0.25) is 0 Å². The number of nitrogens with one attached hydrogen (secondary N) is 1. The van der Waals surface area contributed by atoms with E-state index in [1.54, 1.807) is 6.92 Å². The zero-order chi connectivity index (χ0) is 22.1. The maximum absolute atomic E-state index is 13.1. The highest BCUT2D eigenvalue weighted by atomic mass is 32.1. The fourth-order valence-corrected chi connectivity index (χ4v) is 5.93. The number of esters is 2. The van der Waals surface area contributed by atoms with E-state index in [1.165, 1.54) is 36.9 Å². The Morgan fingerprint density at radius 1 is 1.10 bits per heavy atom. The number of aromatic nitrogens is 1. The molecule has 0 aliphatic heterocycles. The fraction of sp³-hybridized carbons (Fsp3) is 0.273. The van der Waals surface area contributed by atoms with Gasteiger partial charge in [-0.3, -0.25) is 9.59 Å². The number of carbonyl (C=O) groups is 3. The van der Waals surface area contributed by atoms with Crippen molar-refractivity contribution in [1.29, 1.82) is 0 Å². The number of fused-ring (bicyclic) bond motifs is 1. The number of amides is 1. The van der Waals surface area contributed by atoms with Crippen LogP contribution in [0.2, 0.25) is 0 Å². The van der Waals surface area contributed by atoms with Crippen molar-refractivity contribution in [2.75, 3.05) is 19.5 Å². The van der Waals surface area contributed by atoms with Crippen LogP contribution < -0.4 is 5.32 Å². The third kappa shape index (κ3) is 3.86. The van der Waals surface area contributed by atoms with Crippen molar-refractivity contribution >= 4 is 45.5 Å². The van der Waals surface area contributed by atoms with Gasteiger partial charge in [-0.15, -0.1) is 22.7 Å². The summed E-state index contributed by atoms with van der Waals surface area (Å²) in [5.74, 6) is -1.87. The van der Waals surface area contributed by atoms with Gasteiger partial charge < -0.3 is 14.8 Å². The molecule has 0 spiro atoms. The predicted molar refractivity (Wildman–Crippen MR) is 119 cm³/mol. The SMILES string of the molecule is COC(=O)c1c(NC(=O)c2sc(-c3ccccc3)nc2C)sc2c1C(C(=O)OC)CC2. The van der Waals surface area contributed by atoms with Crippen molar-refractivity contribution < 1.29 is 23.9 Å². The number of thiazole rings is 1. The number of aryl methyl sites for hydroxylation is 2. The van der Waals surface area contributed by atoms with Crippen LogP contribution in [0.25, 0.3) is 10.6 Å². The number of hydrogen-bond acceptors (Lipinski definition) is 8. The lowest BCUT2D eigenvalue weighted by atomic mass is 9.99. The van der Waals surface area contributed by atoms with Crippen LogP contribution in [-0.4, -0.2) is 37.0 Å². The number of carbonyl (C=O) groups excluding carboxylic acids is 3. The van der Waals surface area contributed by atoms with E-state index in [-0.39, 0.29) is 11.5 Å². The third-order valence-corrected chi connectivity index (χ3v) is 7.54. The molecule has 1 aliphatic carbocycles. The Kier molecular flexibility index (Phi) is 5.88. The van der Waals surface area contributed by atoms with Crippen LogP contribution in [-0.2, 0) is 20.7 Å². The second kappa shape index (κ2) is 8.60. The number of nitrogens with zero attached hydrogens (tertiary/aromatic N) is 1. The van der Waals surface area contributed by atoms with Crippen LogP contribution in [0.15, 0.2) is 30.3 Å². The maximum Gasteiger partial charge on any atom is 0.341 e. The molecule has 0 radical (unpaired) electrons. The molecule has 31 heavy (non-hydrogen) atoms. The first-order valence-electron chi connectivity index (χ1n) is 9.60. The Morgan fingerprint density at radius 2 is 1.84 bits per heavy atom. The minimum atomic E-state index is -0.588. The van der Waals surface area contributed by atoms with E-state index in [0.717, 1.165) is 15.4 Å². The van der Waals surface area contributed by atoms with E-state index in [4.69, 9.17) is 9.47 Å². The standard InChI is InChI=1S/C22H20N2O5S2/c1-11-17(31-19(23-11)12-7-5-4-6-8-12)18(25)24-20-16(22(27)29-3)15-13(21(26)28-2)9-10-14(15)30-20/h4-8,13H,9-10H2,1-3H3,(H,24,25). The summed E-state index contributed by atoms with van der Waals surface area (Å²) in [4.78, 5) is 43.7. The van der Waals surface area contributed by atoms with Crippen molar-refractivity contribution in [1.82, 2.24) is 4.98 Å². The minimum Gasteiger partial charge on any atom is -0.469 e. The molecular formula is C22H20N2O5S2. The van der Waals surface area contributed by atoms with Crippen molar-refractivity contribution in [3.05, 3.63) is 56.9 Å². The fourth-order valence-electron chi connectivity index (χ4n) is 3.71. The molecule has 1 N–H and O–H groups in total. The molecule has 1 unspecified atom stereocenters. The van der Waals surface area contributed by atoms with E-state index >= 15 is 0 Å². The second-order valence-electron chi connectivity index (χ2n) is 7.00. The first kappa shape index (κ1) is 21.2. The van der Waals surface area contributed by atoms with E-state index in [0.29, 0.717) is 34.0 Å². The summed E-state index contributed by atoms with van der Waals surface area (Å²) in [6.07, 6.45) is 1.21. The molecule has 2 heterocycles. The molecule has 0 fully saturated rings. The lowest BCUT2D eigenvalue weighted by molar-refractivity contribution is -0.142. The van der Waals surface area contributed by atoms with Crippen LogP contribution in [0.3, 0.4) is 0 Å². The Labute approximate surface area is 187 Å². The van der Waals surface area contributed by atoms with E-state index < -0.39 is 17.9 Å². The van der Waals surface area contributed by atoms with Gasteiger partial charge in [-0.25, -0.2) is 9.78 Å². The Bertz CT molecular complexity index is 1170. The largest absolute Gasteiger partial charge is 0.469 e. The zero-order valence-electron chi connectivity index (χ0n) is 17.2. The van der Waals surface area contributed by atoms with Crippen LogP contribution in [0.5, 0.6) is 0 Å². The highest BCUT2D eigenvalue weighted by molar-refractivity contribution is 7.18. The Balaban J connectivity index is 1.68. The molecule has 0 saturated heterocycles. The van der Waals surface area contributed by atoms with Gasteiger partial charge in [-0.1, -0.05) is 30.3 Å². The van der Waals surface area contributed by atoms with E-state index in [2.05, 4.69) is 10.3 Å². The van der Waals surface area contributed by atoms with Gasteiger partial charge in [0.25, 0.3) is 5.91 Å². The van der Waals surface area contributed by atoms with Crippen molar-refractivity contribution in [2.45, 2.75) is 25.7 Å². The molecule has 4 rings (SSSR count). The summed E-state index contributed by atoms with van der Waals surface area (Å²) in [6, 6.07) is 9.63. The smallest absolute Gasteiger partial charge is 0.341 e. The minimum absolute atomic E-state index is 0.231.